The Balaban J connectivity index is 2.94. The van der Waals surface area contributed by atoms with Gasteiger partial charge in [0.2, 0.25) is 0 Å². The van der Waals surface area contributed by atoms with Gasteiger partial charge in [0, 0.05) is 0 Å². The average Bonchev–Trinajstić information content (AvgIpc) is 2.35. The number of methoxy groups -OCH3 is 1. The third-order valence-corrected chi connectivity index (χ3v) is 2.73. The van der Waals surface area contributed by atoms with Crippen LogP contribution < -0.4 is 14.8 Å². The number of ether oxygens (including phenoxy) is 2. The zero-order valence-electron chi connectivity index (χ0n) is 12.7. The number of hydrogen-bond acceptors (Lipinski definition) is 4. The van der Waals surface area contributed by atoms with Crippen molar-refractivity contribution in [3.05, 3.63) is 23.8 Å². The standard InChI is InChI=1S/C15H23NO4/c1-15(2,3)20-12-7-6-10(9-13(12)19-5)8-11(16-4)14(17)18/h6-7,9,11,16H,8H2,1-5H3,(H,17,18). The van der Waals surface area contributed by atoms with Crippen molar-refractivity contribution >= 4 is 5.97 Å². The van der Waals surface area contributed by atoms with Gasteiger partial charge in [0.05, 0.1) is 7.11 Å². The fraction of sp³-hybridized carbons (Fsp3) is 0.533. The van der Waals surface area contributed by atoms with Crippen LogP contribution in [0.2, 0.25) is 0 Å². The lowest BCUT2D eigenvalue weighted by Gasteiger charge is -2.23. The van der Waals surface area contributed by atoms with Crippen molar-refractivity contribution in [2.75, 3.05) is 14.2 Å². The summed E-state index contributed by atoms with van der Waals surface area (Å²) >= 11 is 0. The van der Waals surface area contributed by atoms with Gasteiger partial charge >= 0.3 is 5.97 Å². The van der Waals surface area contributed by atoms with Gasteiger partial charge in [-0.3, -0.25) is 4.79 Å². The highest BCUT2D eigenvalue weighted by atomic mass is 16.5. The molecule has 112 valence electrons. The topological polar surface area (TPSA) is 67.8 Å². The summed E-state index contributed by atoms with van der Waals surface area (Å²) in [6.45, 7) is 5.88. The number of likely N-dealkylation sites (N-methyl/N-ethyl adjacent to an activating group) is 1. The van der Waals surface area contributed by atoms with Crippen molar-refractivity contribution in [2.24, 2.45) is 0 Å². The molecule has 1 rings (SSSR count). The molecule has 1 atom stereocenters. The summed E-state index contributed by atoms with van der Waals surface area (Å²) in [6.07, 6.45) is 0.387. The molecule has 0 aliphatic rings. The molecule has 0 radical (unpaired) electrons. The highest BCUT2D eigenvalue weighted by Crippen LogP contribution is 2.31. The molecule has 0 aliphatic heterocycles. The van der Waals surface area contributed by atoms with Gasteiger partial charge < -0.3 is 19.9 Å². The van der Waals surface area contributed by atoms with Crippen LogP contribution in [0.3, 0.4) is 0 Å². The van der Waals surface area contributed by atoms with Crippen LogP contribution in [0.1, 0.15) is 26.3 Å². The van der Waals surface area contributed by atoms with E-state index in [0.29, 0.717) is 17.9 Å². The van der Waals surface area contributed by atoms with Crippen molar-refractivity contribution < 1.29 is 19.4 Å². The van der Waals surface area contributed by atoms with Crippen LogP contribution in [0.4, 0.5) is 0 Å². The second-order valence-corrected chi connectivity index (χ2v) is 5.58. The van der Waals surface area contributed by atoms with Gasteiger partial charge in [0.1, 0.15) is 11.6 Å². The molecule has 5 heteroatoms. The third-order valence-electron chi connectivity index (χ3n) is 2.73. The molecule has 2 N–H and O–H groups in total. The fourth-order valence-electron chi connectivity index (χ4n) is 1.80. The summed E-state index contributed by atoms with van der Waals surface area (Å²) in [7, 11) is 3.20. The zero-order chi connectivity index (χ0) is 15.3. The molecule has 1 aromatic rings. The van der Waals surface area contributed by atoms with E-state index in [-0.39, 0.29) is 5.60 Å². The van der Waals surface area contributed by atoms with Gasteiger partial charge in [-0.15, -0.1) is 0 Å². The minimum atomic E-state index is -0.874. The van der Waals surface area contributed by atoms with Crippen molar-refractivity contribution in [2.45, 2.75) is 38.8 Å². The summed E-state index contributed by atoms with van der Waals surface area (Å²) in [6, 6.07) is 4.87. The minimum absolute atomic E-state index is 0.316. The number of aliphatic carboxylic acids is 1. The molecule has 0 saturated carbocycles. The molecule has 0 heterocycles. The van der Waals surface area contributed by atoms with E-state index >= 15 is 0 Å². The van der Waals surface area contributed by atoms with E-state index < -0.39 is 12.0 Å². The molecule has 0 aliphatic carbocycles. The lowest BCUT2D eigenvalue weighted by molar-refractivity contribution is -0.139. The predicted octanol–water partition coefficient (Wildman–Crippen LogP) is 2.09. The second-order valence-electron chi connectivity index (χ2n) is 5.58. The summed E-state index contributed by atoms with van der Waals surface area (Å²) in [5.74, 6) is 0.388. The van der Waals surface area contributed by atoms with Crippen LogP contribution in [0.25, 0.3) is 0 Å². The number of carboxylic acids is 1. The first kappa shape index (κ1) is 16.3. The van der Waals surface area contributed by atoms with Crippen LogP contribution in [-0.2, 0) is 11.2 Å². The molecular formula is C15H23NO4. The Bertz CT molecular complexity index is 465. The molecule has 20 heavy (non-hydrogen) atoms. The molecular weight excluding hydrogens is 258 g/mol. The molecule has 0 saturated heterocycles. The summed E-state index contributed by atoms with van der Waals surface area (Å²) in [4.78, 5) is 11.0. The zero-order valence-corrected chi connectivity index (χ0v) is 12.7. The third kappa shape index (κ3) is 4.74. The largest absolute Gasteiger partial charge is 0.493 e. The summed E-state index contributed by atoms with van der Waals surface area (Å²) in [5, 5.41) is 11.8. The first-order valence-electron chi connectivity index (χ1n) is 6.53. The maximum atomic E-state index is 11.0. The molecule has 0 spiro atoms. The molecule has 0 bridgehead atoms. The van der Waals surface area contributed by atoms with Crippen LogP contribution in [0.15, 0.2) is 18.2 Å². The number of nitrogens with one attached hydrogen (secondary N) is 1. The van der Waals surface area contributed by atoms with Gasteiger partial charge in [-0.05, 0) is 51.9 Å². The quantitative estimate of drug-likeness (QED) is 0.835. The maximum absolute atomic E-state index is 11.0. The first-order chi connectivity index (χ1) is 9.26. The number of hydrogen-bond donors (Lipinski definition) is 2. The fourth-order valence-corrected chi connectivity index (χ4v) is 1.80. The van der Waals surface area contributed by atoms with E-state index in [0.717, 1.165) is 5.56 Å². The Morgan fingerprint density at radius 1 is 1.35 bits per heavy atom. The molecule has 0 aromatic heterocycles. The lowest BCUT2D eigenvalue weighted by atomic mass is 10.1. The SMILES string of the molecule is CNC(Cc1ccc(OC(C)(C)C)c(OC)c1)C(=O)O. The van der Waals surface area contributed by atoms with Crippen LogP contribution in [0, 0.1) is 0 Å². The Morgan fingerprint density at radius 2 is 2.00 bits per heavy atom. The Hall–Kier alpha value is -1.75. The number of benzene rings is 1. The molecule has 1 unspecified atom stereocenters. The van der Waals surface area contributed by atoms with Crippen LogP contribution in [0.5, 0.6) is 11.5 Å². The van der Waals surface area contributed by atoms with E-state index in [1.165, 1.54) is 0 Å². The smallest absolute Gasteiger partial charge is 0.321 e. The highest BCUT2D eigenvalue weighted by molar-refractivity contribution is 5.73. The minimum Gasteiger partial charge on any atom is -0.493 e. The van der Waals surface area contributed by atoms with Crippen molar-refractivity contribution in [3.63, 3.8) is 0 Å². The average molecular weight is 281 g/mol. The Labute approximate surface area is 119 Å². The van der Waals surface area contributed by atoms with Gasteiger partial charge in [0.25, 0.3) is 0 Å². The molecule has 0 fully saturated rings. The molecule has 1 aromatic carbocycles. The Kier molecular flexibility index (Phi) is 5.39. The Morgan fingerprint density at radius 3 is 2.45 bits per heavy atom. The normalized spacial score (nSPS) is 12.8. The lowest BCUT2D eigenvalue weighted by Crippen LogP contribution is -2.35. The second kappa shape index (κ2) is 6.61. The predicted molar refractivity (Wildman–Crippen MR) is 77.6 cm³/mol. The van der Waals surface area contributed by atoms with Gasteiger partial charge in [0.15, 0.2) is 11.5 Å². The van der Waals surface area contributed by atoms with Crippen molar-refractivity contribution in [3.8, 4) is 11.5 Å². The summed E-state index contributed by atoms with van der Waals surface area (Å²) in [5.41, 5.74) is 0.563. The monoisotopic (exact) mass is 281 g/mol. The molecule has 5 nitrogen and oxygen atoms in total. The van der Waals surface area contributed by atoms with E-state index in [9.17, 15) is 4.79 Å². The van der Waals surface area contributed by atoms with Crippen LogP contribution in [-0.4, -0.2) is 36.9 Å². The maximum Gasteiger partial charge on any atom is 0.321 e. The first-order valence-corrected chi connectivity index (χ1v) is 6.53. The van der Waals surface area contributed by atoms with E-state index in [1.807, 2.05) is 39.0 Å². The summed E-state index contributed by atoms with van der Waals surface area (Å²) < 4.78 is 11.1. The number of carboxylic acid groups (broad SMARTS) is 1. The van der Waals surface area contributed by atoms with Crippen LogP contribution >= 0.6 is 0 Å². The van der Waals surface area contributed by atoms with Crippen molar-refractivity contribution in [1.29, 1.82) is 0 Å². The highest BCUT2D eigenvalue weighted by Gasteiger charge is 2.18. The number of carbonyl (C=O) groups is 1. The van der Waals surface area contributed by atoms with Gasteiger partial charge in [-0.1, -0.05) is 6.07 Å². The van der Waals surface area contributed by atoms with E-state index in [2.05, 4.69) is 5.32 Å². The van der Waals surface area contributed by atoms with Gasteiger partial charge in [-0.25, -0.2) is 0 Å². The van der Waals surface area contributed by atoms with E-state index in [4.69, 9.17) is 14.6 Å². The van der Waals surface area contributed by atoms with E-state index in [1.54, 1.807) is 14.2 Å². The van der Waals surface area contributed by atoms with Crippen molar-refractivity contribution in [1.82, 2.24) is 5.32 Å². The van der Waals surface area contributed by atoms with Gasteiger partial charge in [-0.2, -0.15) is 0 Å². The molecule has 0 amide bonds. The number of rotatable bonds is 6.